The molecule has 10 heavy (non-hydrogen) atoms. The van der Waals surface area contributed by atoms with E-state index in [0.717, 1.165) is 5.75 Å². The SMILES string of the molecule is NC(=NCCO)NCCS. The Bertz CT molecular complexity index is 107. The fourth-order valence-electron chi connectivity index (χ4n) is 0.410. The topological polar surface area (TPSA) is 70.6 Å². The molecule has 0 saturated carbocycles. The first-order chi connectivity index (χ1) is 4.81. The van der Waals surface area contributed by atoms with Gasteiger partial charge >= 0.3 is 0 Å². The summed E-state index contributed by atoms with van der Waals surface area (Å²) in [5.41, 5.74) is 5.34. The molecule has 0 aromatic carbocycles. The Morgan fingerprint density at radius 3 is 2.90 bits per heavy atom. The Morgan fingerprint density at radius 2 is 2.40 bits per heavy atom. The molecule has 0 aromatic rings. The molecule has 4 nitrogen and oxygen atoms in total. The molecule has 0 unspecified atom stereocenters. The van der Waals surface area contributed by atoms with E-state index in [0.29, 0.717) is 19.0 Å². The summed E-state index contributed by atoms with van der Waals surface area (Å²) in [6.45, 7) is 1.08. The van der Waals surface area contributed by atoms with Gasteiger partial charge in [-0.05, 0) is 0 Å². The second kappa shape index (κ2) is 6.70. The molecule has 0 bridgehead atoms. The number of aliphatic hydroxyl groups excluding tert-OH is 1. The highest BCUT2D eigenvalue weighted by atomic mass is 32.1. The van der Waals surface area contributed by atoms with Crippen LogP contribution in [0, 0.1) is 0 Å². The van der Waals surface area contributed by atoms with Gasteiger partial charge in [-0.2, -0.15) is 12.6 Å². The van der Waals surface area contributed by atoms with E-state index in [4.69, 9.17) is 10.8 Å². The number of thiol groups is 1. The lowest BCUT2D eigenvalue weighted by Gasteiger charge is -2.01. The van der Waals surface area contributed by atoms with Crippen LogP contribution in [0.4, 0.5) is 0 Å². The molecule has 0 aromatic heterocycles. The Labute approximate surface area is 65.9 Å². The minimum atomic E-state index is 0.0310. The minimum Gasteiger partial charge on any atom is -0.394 e. The number of nitrogens with zero attached hydrogens (tertiary/aromatic N) is 1. The van der Waals surface area contributed by atoms with E-state index in [9.17, 15) is 0 Å². The smallest absolute Gasteiger partial charge is 0.188 e. The van der Waals surface area contributed by atoms with Gasteiger partial charge in [-0.3, -0.25) is 4.99 Å². The predicted octanol–water partition coefficient (Wildman–Crippen LogP) is -1.19. The maximum Gasteiger partial charge on any atom is 0.188 e. The maximum absolute atomic E-state index is 8.34. The highest BCUT2D eigenvalue weighted by Crippen LogP contribution is 1.70. The molecule has 0 atom stereocenters. The van der Waals surface area contributed by atoms with Gasteiger partial charge < -0.3 is 16.2 Å². The van der Waals surface area contributed by atoms with E-state index >= 15 is 0 Å². The number of aliphatic hydroxyl groups is 1. The molecule has 0 fully saturated rings. The molecule has 0 spiro atoms. The third-order valence-corrected chi connectivity index (χ3v) is 1.02. The van der Waals surface area contributed by atoms with Gasteiger partial charge in [0.2, 0.25) is 0 Å². The van der Waals surface area contributed by atoms with Crippen LogP contribution in [0.1, 0.15) is 0 Å². The van der Waals surface area contributed by atoms with Crippen molar-refractivity contribution in [3.63, 3.8) is 0 Å². The van der Waals surface area contributed by atoms with Crippen LogP contribution in [0.5, 0.6) is 0 Å². The average molecular weight is 163 g/mol. The molecular formula is C5H13N3OS. The first-order valence-corrected chi connectivity index (χ1v) is 3.70. The highest BCUT2D eigenvalue weighted by Gasteiger charge is 1.86. The van der Waals surface area contributed by atoms with Crippen LogP contribution in [-0.2, 0) is 0 Å². The third kappa shape index (κ3) is 5.71. The van der Waals surface area contributed by atoms with Gasteiger partial charge in [0.1, 0.15) is 0 Å². The van der Waals surface area contributed by atoms with E-state index in [2.05, 4.69) is 22.9 Å². The van der Waals surface area contributed by atoms with Crippen LogP contribution in [0.15, 0.2) is 4.99 Å². The summed E-state index contributed by atoms with van der Waals surface area (Å²) in [7, 11) is 0. The maximum atomic E-state index is 8.34. The van der Waals surface area contributed by atoms with Gasteiger partial charge in [0.25, 0.3) is 0 Å². The van der Waals surface area contributed by atoms with Gasteiger partial charge in [0.05, 0.1) is 13.2 Å². The van der Waals surface area contributed by atoms with Gasteiger partial charge in [0.15, 0.2) is 5.96 Å². The van der Waals surface area contributed by atoms with Crippen LogP contribution < -0.4 is 11.1 Å². The van der Waals surface area contributed by atoms with E-state index in [-0.39, 0.29) is 6.61 Å². The number of hydrogen-bond acceptors (Lipinski definition) is 3. The van der Waals surface area contributed by atoms with Crippen molar-refractivity contribution in [2.45, 2.75) is 0 Å². The summed E-state index contributed by atoms with van der Waals surface area (Å²) >= 11 is 3.96. The molecular weight excluding hydrogens is 150 g/mol. The van der Waals surface area contributed by atoms with Crippen LogP contribution in [0.2, 0.25) is 0 Å². The molecule has 0 saturated heterocycles. The van der Waals surface area contributed by atoms with E-state index in [1.165, 1.54) is 0 Å². The van der Waals surface area contributed by atoms with Crippen LogP contribution in [0.3, 0.4) is 0 Å². The number of hydrogen-bond donors (Lipinski definition) is 4. The van der Waals surface area contributed by atoms with Crippen molar-refractivity contribution in [3.05, 3.63) is 0 Å². The lowest BCUT2D eigenvalue weighted by Crippen LogP contribution is -2.33. The van der Waals surface area contributed by atoms with Gasteiger partial charge in [-0.1, -0.05) is 0 Å². The number of rotatable bonds is 4. The molecule has 0 aliphatic carbocycles. The fourth-order valence-corrected chi connectivity index (χ4v) is 0.522. The van der Waals surface area contributed by atoms with Gasteiger partial charge in [0, 0.05) is 12.3 Å². The van der Waals surface area contributed by atoms with E-state index in [1.807, 2.05) is 0 Å². The van der Waals surface area contributed by atoms with E-state index < -0.39 is 0 Å². The molecule has 4 N–H and O–H groups in total. The zero-order valence-electron chi connectivity index (χ0n) is 5.75. The molecule has 0 aliphatic rings. The number of nitrogens with one attached hydrogen (secondary N) is 1. The van der Waals surface area contributed by atoms with Crippen molar-refractivity contribution in [2.24, 2.45) is 10.7 Å². The van der Waals surface area contributed by atoms with Crippen molar-refractivity contribution in [1.82, 2.24) is 5.32 Å². The van der Waals surface area contributed by atoms with E-state index in [1.54, 1.807) is 0 Å². The molecule has 0 radical (unpaired) electrons. The molecule has 0 aliphatic heterocycles. The monoisotopic (exact) mass is 163 g/mol. The van der Waals surface area contributed by atoms with Crippen molar-refractivity contribution in [3.8, 4) is 0 Å². The Hall–Kier alpha value is -0.420. The van der Waals surface area contributed by atoms with Crippen molar-refractivity contribution >= 4 is 18.6 Å². The number of guanidine groups is 1. The Morgan fingerprint density at radius 1 is 1.70 bits per heavy atom. The predicted molar refractivity (Wildman–Crippen MR) is 45.4 cm³/mol. The normalized spacial score (nSPS) is 11.6. The van der Waals surface area contributed by atoms with Crippen molar-refractivity contribution < 1.29 is 5.11 Å². The summed E-state index contributed by atoms with van der Waals surface area (Å²) in [6.07, 6.45) is 0. The molecule has 0 heterocycles. The van der Waals surface area contributed by atoms with Crippen LogP contribution in [0.25, 0.3) is 0 Å². The van der Waals surface area contributed by atoms with Crippen LogP contribution >= 0.6 is 12.6 Å². The van der Waals surface area contributed by atoms with Crippen LogP contribution in [-0.4, -0.2) is 36.5 Å². The van der Waals surface area contributed by atoms with Crippen molar-refractivity contribution in [2.75, 3.05) is 25.4 Å². The quantitative estimate of drug-likeness (QED) is 0.239. The molecule has 0 amide bonds. The number of nitrogens with two attached hydrogens (primary N) is 1. The van der Waals surface area contributed by atoms with Crippen molar-refractivity contribution in [1.29, 1.82) is 0 Å². The second-order valence-corrected chi connectivity index (χ2v) is 2.09. The minimum absolute atomic E-state index is 0.0310. The zero-order chi connectivity index (χ0) is 7.82. The summed E-state index contributed by atoms with van der Waals surface area (Å²) in [6, 6.07) is 0. The molecule has 0 rings (SSSR count). The van der Waals surface area contributed by atoms with Gasteiger partial charge in [-0.15, -0.1) is 0 Å². The standard InChI is InChI=1S/C5H13N3OS/c6-5(7-1-3-9)8-2-4-10/h9-10H,1-4H2,(H3,6,7,8). The summed E-state index contributed by atoms with van der Waals surface area (Å²) in [5.74, 6) is 1.08. The third-order valence-electron chi connectivity index (χ3n) is 0.800. The Kier molecular flexibility index (Phi) is 6.42. The Balaban J connectivity index is 3.30. The first kappa shape index (κ1) is 9.58. The number of aliphatic imine (C=N–C) groups is 1. The largest absolute Gasteiger partial charge is 0.394 e. The fraction of sp³-hybridized carbons (Fsp3) is 0.800. The lowest BCUT2D eigenvalue weighted by atomic mass is 10.7. The zero-order valence-corrected chi connectivity index (χ0v) is 6.64. The molecule has 5 heteroatoms. The molecule has 60 valence electrons. The summed E-state index contributed by atoms with van der Waals surface area (Å²) in [5, 5.41) is 11.1. The van der Waals surface area contributed by atoms with Gasteiger partial charge in [-0.25, -0.2) is 0 Å². The lowest BCUT2D eigenvalue weighted by molar-refractivity contribution is 0.306. The second-order valence-electron chi connectivity index (χ2n) is 1.64. The first-order valence-electron chi connectivity index (χ1n) is 3.06. The summed E-state index contributed by atoms with van der Waals surface area (Å²) < 4.78 is 0. The highest BCUT2D eigenvalue weighted by molar-refractivity contribution is 7.80. The summed E-state index contributed by atoms with van der Waals surface area (Å²) in [4.78, 5) is 3.78. The average Bonchev–Trinajstić information content (AvgIpc) is 1.97.